The summed E-state index contributed by atoms with van der Waals surface area (Å²) >= 11 is 0. The summed E-state index contributed by atoms with van der Waals surface area (Å²) in [7, 11) is 0. The van der Waals surface area contributed by atoms with Gasteiger partial charge in [-0.2, -0.15) is 5.10 Å². The first-order chi connectivity index (χ1) is 9.42. The second kappa shape index (κ2) is 5.26. The van der Waals surface area contributed by atoms with Gasteiger partial charge in [-0.15, -0.1) is 0 Å². The molecule has 6 heteroatoms. The summed E-state index contributed by atoms with van der Waals surface area (Å²) in [6, 6.07) is 0. The molecule has 0 aliphatic heterocycles. The van der Waals surface area contributed by atoms with E-state index in [0.29, 0.717) is 25.9 Å². The van der Waals surface area contributed by atoms with Crippen LogP contribution in [0, 0.1) is 19.3 Å². The highest BCUT2D eigenvalue weighted by atomic mass is 16.2. The van der Waals surface area contributed by atoms with Crippen LogP contribution in [0.4, 0.5) is 0 Å². The number of nitrogens with one attached hydrogen (secondary N) is 1. The lowest BCUT2D eigenvalue weighted by Crippen LogP contribution is -2.41. The third-order valence-corrected chi connectivity index (χ3v) is 4.15. The Bertz CT molecular complexity index is 544. The summed E-state index contributed by atoms with van der Waals surface area (Å²) in [5, 5.41) is 7.25. The minimum absolute atomic E-state index is 0.248. The number of nitrogens with two attached hydrogens (primary N) is 1. The molecule has 0 aromatic carbocycles. The highest BCUT2D eigenvalue weighted by molar-refractivity contribution is 6.07. The van der Waals surface area contributed by atoms with Gasteiger partial charge in [0.1, 0.15) is 5.41 Å². The van der Waals surface area contributed by atoms with Gasteiger partial charge in [0.25, 0.3) is 0 Å². The zero-order chi connectivity index (χ0) is 14.9. The van der Waals surface area contributed by atoms with Gasteiger partial charge < -0.3 is 11.1 Å². The average Bonchev–Trinajstić information content (AvgIpc) is 3.15. The monoisotopic (exact) mass is 278 g/mol. The first-order valence-electron chi connectivity index (χ1n) is 7.03. The Kier molecular flexibility index (Phi) is 3.83. The molecule has 1 aliphatic carbocycles. The van der Waals surface area contributed by atoms with Crippen LogP contribution in [0.2, 0.25) is 0 Å². The van der Waals surface area contributed by atoms with Gasteiger partial charge in [-0.05, 0) is 38.7 Å². The molecular formula is C14H22N4O2. The number of hydrogen-bond acceptors (Lipinski definition) is 3. The van der Waals surface area contributed by atoms with Crippen molar-refractivity contribution < 1.29 is 9.59 Å². The number of rotatable bonds is 6. The van der Waals surface area contributed by atoms with E-state index in [4.69, 9.17) is 5.73 Å². The van der Waals surface area contributed by atoms with Crippen molar-refractivity contribution >= 4 is 11.8 Å². The third-order valence-electron chi connectivity index (χ3n) is 4.15. The first-order valence-corrected chi connectivity index (χ1v) is 7.03. The van der Waals surface area contributed by atoms with E-state index < -0.39 is 11.3 Å². The molecule has 3 N–H and O–H groups in total. The molecule has 1 fully saturated rings. The molecule has 110 valence electrons. The molecule has 6 nitrogen and oxygen atoms in total. The van der Waals surface area contributed by atoms with Crippen LogP contribution >= 0.6 is 0 Å². The Morgan fingerprint density at radius 1 is 1.40 bits per heavy atom. The molecule has 20 heavy (non-hydrogen) atoms. The fraction of sp³-hybridized carbons (Fsp3) is 0.643. The van der Waals surface area contributed by atoms with E-state index in [1.807, 2.05) is 18.5 Å². The second-order valence-corrected chi connectivity index (χ2v) is 5.43. The van der Waals surface area contributed by atoms with E-state index in [1.165, 1.54) is 5.56 Å². The summed E-state index contributed by atoms with van der Waals surface area (Å²) in [6.07, 6.45) is 2.08. The molecule has 0 atom stereocenters. The van der Waals surface area contributed by atoms with Gasteiger partial charge in [-0.25, -0.2) is 0 Å². The van der Waals surface area contributed by atoms with Crippen LogP contribution in [0.25, 0.3) is 0 Å². The Labute approximate surface area is 118 Å². The van der Waals surface area contributed by atoms with Gasteiger partial charge in [-0.1, -0.05) is 6.92 Å². The van der Waals surface area contributed by atoms with Crippen molar-refractivity contribution in [1.82, 2.24) is 15.1 Å². The fourth-order valence-electron chi connectivity index (χ4n) is 2.62. The third kappa shape index (κ3) is 2.42. The van der Waals surface area contributed by atoms with E-state index in [2.05, 4.69) is 17.3 Å². The van der Waals surface area contributed by atoms with E-state index in [-0.39, 0.29) is 5.91 Å². The minimum Gasteiger partial charge on any atom is -0.369 e. The van der Waals surface area contributed by atoms with Crippen LogP contribution in [0.3, 0.4) is 0 Å². The highest BCUT2D eigenvalue weighted by Crippen LogP contribution is 2.45. The van der Waals surface area contributed by atoms with E-state index >= 15 is 0 Å². The fourth-order valence-corrected chi connectivity index (χ4v) is 2.62. The Morgan fingerprint density at radius 2 is 2.05 bits per heavy atom. The minimum atomic E-state index is -0.941. The van der Waals surface area contributed by atoms with Gasteiger partial charge in [0.2, 0.25) is 11.8 Å². The smallest absolute Gasteiger partial charge is 0.235 e. The molecule has 0 bridgehead atoms. The molecule has 1 aromatic heterocycles. The number of amides is 2. The largest absolute Gasteiger partial charge is 0.369 e. The standard InChI is InChI=1S/C14H22N4O2/c1-4-11-9(2)17-18(10(11)3)8-7-16-13(20)14(5-6-14)12(15)19/h4-8H2,1-3H3,(H2,15,19)(H,16,20). The van der Waals surface area contributed by atoms with Gasteiger partial charge >= 0.3 is 0 Å². The SMILES string of the molecule is CCc1c(C)nn(CCNC(=O)C2(C(N)=O)CC2)c1C. The lowest BCUT2D eigenvalue weighted by atomic mass is 10.1. The lowest BCUT2D eigenvalue weighted by Gasteiger charge is -2.12. The number of primary amides is 1. The van der Waals surface area contributed by atoms with Crippen LogP contribution in [0.15, 0.2) is 0 Å². The lowest BCUT2D eigenvalue weighted by molar-refractivity contribution is -0.135. The predicted octanol–water partition coefficient (Wildman–Crippen LogP) is 0.444. The topological polar surface area (TPSA) is 90.0 Å². The number of nitrogens with zero attached hydrogens (tertiary/aromatic N) is 2. The van der Waals surface area contributed by atoms with Crippen LogP contribution in [0.5, 0.6) is 0 Å². The zero-order valence-corrected chi connectivity index (χ0v) is 12.3. The molecule has 2 rings (SSSR count). The van der Waals surface area contributed by atoms with Crippen molar-refractivity contribution in [3.63, 3.8) is 0 Å². The molecule has 0 spiro atoms. The van der Waals surface area contributed by atoms with Crippen molar-refractivity contribution in [1.29, 1.82) is 0 Å². The molecule has 1 saturated carbocycles. The van der Waals surface area contributed by atoms with Gasteiger partial charge in [0, 0.05) is 12.2 Å². The average molecular weight is 278 g/mol. The molecule has 1 aliphatic rings. The number of carbonyl (C=O) groups is 2. The van der Waals surface area contributed by atoms with Gasteiger partial charge in [0.15, 0.2) is 0 Å². The number of aromatic nitrogens is 2. The van der Waals surface area contributed by atoms with Crippen LogP contribution in [0.1, 0.15) is 36.7 Å². The zero-order valence-electron chi connectivity index (χ0n) is 12.3. The second-order valence-electron chi connectivity index (χ2n) is 5.43. The normalized spacial score (nSPS) is 15.9. The molecule has 2 amide bonds. The molecule has 0 unspecified atom stereocenters. The summed E-state index contributed by atoms with van der Waals surface area (Å²) in [4.78, 5) is 23.2. The van der Waals surface area contributed by atoms with Crippen LogP contribution < -0.4 is 11.1 Å². The van der Waals surface area contributed by atoms with Crippen molar-refractivity contribution in [2.45, 2.75) is 46.6 Å². The van der Waals surface area contributed by atoms with E-state index in [1.54, 1.807) is 0 Å². The van der Waals surface area contributed by atoms with Crippen molar-refractivity contribution in [3.05, 3.63) is 17.0 Å². The van der Waals surface area contributed by atoms with E-state index in [0.717, 1.165) is 17.8 Å². The Morgan fingerprint density at radius 3 is 2.50 bits per heavy atom. The van der Waals surface area contributed by atoms with Crippen LogP contribution in [-0.2, 0) is 22.6 Å². The summed E-state index contributed by atoms with van der Waals surface area (Å²) < 4.78 is 1.90. The predicted molar refractivity (Wildman–Crippen MR) is 75.0 cm³/mol. The molecule has 0 radical (unpaired) electrons. The maximum absolute atomic E-state index is 11.9. The summed E-state index contributed by atoms with van der Waals surface area (Å²) in [6.45, 7) is 7.19. The maximum atomic E-state index is 11.9. The Balaban J connectivity index is 1.91. The number of aryl methyl sites for hydroxylation is 1. The molecule has 0 saturated heterocycles. The summed E-state index contributed by atoms with van der Waals surface area (Å²) in [5.74, 6) is -0.767. The first kappa shape index (κ1) is 14.6. The summed E-state index contributed by atoms with van der Waals surface area (Å²) in [5.41, 5.74) is 7.75. The van der Waals surface area contributed by atoms with Gasteiger partial charge in [-0.3, -0.25) is 14.3 Å². The number of carbonyl (C=O) groups excluding carboxylic acids is 2. The van der Waals surface area contributed by atoms with Crippen LogP contribution in [-0.4, -0.2) is 28.1 Å². The number of hydrogen-bond donors (Lipinski definition) is 2. The molecule has 1 heterocycles. The molecule has 1 aromatic rings. The van der Waals surface area contributed by atoms with Crippen molar-refractivity contribution in [2.75, 3.05) is 6.54 Å². The van der Waals surface area contributed by atoms with Crippen molar-refractivity contribution in [2.24, 2.45) is 11.1 Å². The Hall–Kier alpha value is -1.85. The maximum Gasteiger partial charge on any atom is 0.235 e. The molecular weight excluding hydrogens is 256 g/mol. The van der Waals surface area contributed by atoms with E-state index in [9.17, 15) is 9.59 Å². The quantitative estimate of drug-likeness (QED) is 0.740. The highest BCUT2D eigenvalue weighted by Gasteiger charge is 2.55. The van der Waals surface area contributed by atoms with Gasteiger partial charge in [0.05, 0.1) is 12.2 Å². The van der Waals surface area contributed by atoms with Crippen molar-refractivity contribution in [3.8, 4) is 0 Å².